The summed E-state index contributed by atoms with van der Waals surface area (Å²) in [5, 5.41) is 9.35. The number of carboxylic acids is 1. The molecule has 0 aromatic carbocycles. The lowest BCUT2D eigenvalue weighted by Gasteiger charge is -2.03. The molecule has 3 heteroatoms. The molecule has 0 radical (unpaired) electrons. The minimum atomic E-state index is -0.739. The van der Waals surface area contributed by atoms with Crippen molar-refractivity contribution >= 4 is 21.9 Å². The van der Waals surface area contributed by atoms with Crippen molar-refractivity contribution in [1.29, 1.82) is 0 Å². The maximum absolute atomic E-state index is 10.4. The molecule has 0 rings (SSSR count). The highest BCUT2D eigenvalue weighted by molar-refractivity contribution is 9.09. The van der Waals surface area contributed by atoms with E-state index in [1.165, 1.54) is 32.1 Å². The highest BCUT2D eigenvalue weighted by Gasteiger charge is 2.05. The Kier molecular flexibility index (Phi) is 11.6. The molecule has 98 valence electrons. The van der Waals surface area contributed by atoms with Crippen molar-refractivity contribution in [2.75, 3.05) is 5.33 Å². The molecule has 17 heavy (non-hydrogen) atoms. The second kappa shape index (κ2) is 12.0. The third-order valence-electron chi connectivity index (χ3n) is 2.60. The highest BCUT2D eigenvalue weighted by Crippen LogP contribution is 2.09. The molecular weight excluding hydrogens is 280 g/mol. The summed E-state index contributed by atoms with van der Waals surface area (Å²) < 4.78 is 0. The smallest absolute Gasteiger partial charge is 0.303 e. The van der Waals surface area contributed by atoms with Crippen LogP contribution in [0.1, 0.15) is 58.3 Å². The van der Waals surface area contributed by atoms with Crippen LogP contribution in [0.4, 0.5) is 0 Å². The number of unbranched alkanes of at least 4 members (excludes halogenated alkanes) is 5. The SMILES string of the molecule is CCCCCCCC#CC(CBr)CCC(=O)O. The lowest BCUT2D eigenvalue weighted by molar-refractivity contribution is -0.137. The quantitative estimate of drug-likeness (QED) is 0.393. The van der Waals surface area contributed by atoms with Crippen LogP contribution in [0.15, 0.2) is 0 Å². The first-order valence-corrected chi connectivity index (χ1v) is 7.59. The van der Waals surface area contributed by atoms with Crippen LogP contribution in [0.2, 0.25) is 0 Å². The summed E-state index contributed by atoms with van der Waals surface area (Å²) in [6, 6.07) is 0. The number of carboxylic acid groups (broad SMARTS) is 1. The molecule has 0 heterocycles. The first kappa shape index (κ1) is 16.5. The fraction of sp³-hybridized carbons (Fsp3) is 0.786. The Labute approximate surface area is 113 Å². The van der Waals surface area contributed by atoms with E-state index >= 15 is 0 Å². The van der Waals surface area contributed by atoms with Gasteiger partial charge in [0.2, 0.25) is 0 Å². The molecule has 0 saturated carbocycles. The first-order chi connectivity index (χ1) is 8.20. The van der Waals surface area contributed by atoms with Gasteiger partial charge in [0.15, 0.2) is 0 Å². The summed E-state index contributed by atoms with van der Waals surface area (Å²) >= 11 is 3.37. The molecule has 0 aliphatic heterocycles. The zero-order valence-corrected chi connectivity index (χ0v) is 12.3. The van der Waals surface area contributed by atoms with Crippen molar-refractivity contribution in [3.8, 4) is 11.8 Å². The summed E-state index contributed by atoms with van der Waals surface area (Å²) in [7, 11) is 0. The number of alkyl halides is 1. The Morgan fingerprint density at radius 3 is 2.59 bits per heavy atom. The van der Waals surface area contributed by atoms with E-state index < -0.39 is 5.97 Å². The van der Waals surface area contributed by atoms with Crippen LogP contribution in [0.5, 0.6) is 0 Å². The van der Waals surface area contributed by atoms with Gasteiger partial charge < -0.3 is 5.11 Å². The Hall–Kier alpha value is -0.490. The van der Waals surface area contributed by atoms with Gasteiger partial charge in [-0.25, -0.2) is 0 Å². The molecule has 0 amide bonds. The Bertz CT molecular complexity index is 253. The number of carbonyl (C=O) groups is 1. The fourth-order valence-corrected chi connectivity index (χ4v) is 2.00. The van der Waals surface area contributed by atoms with Gasteiger partial charge in [-0.3, -0.25) is 4.79 Å². The monoisotopic (exact) mass is 302 g/mol. The van der Waals surface area contributed by atoms with Crippen molar-refractivity contribution < 1.29 is 9.90 Å². The van der Waals surface area contributed by atoms with Gasteiger partial charge in [-0.2, -0.15) is 0 Å². The standard InChI is InChI=1S/C14H23BrO2/c1-2-3-4-5-6-7-8-9-13(12-15)10-11-14(16)17/h13H,2-7,10-12H2,1H3,(H,16,17). The van der Waals surface area contributed by atoms with Crippen LogP contribution in [0, 0.1) is 17.8 Å². The van der Waals surface area contributed by atoms with Crippen LogP contribution < -0.4 is 0 Å². The van der Waals surface area contributed by atoms with Crippen molar-refractivity contribution in [1.82, 2.24) is 0 Å². The molecule has 0 aromatic rings. The molecule has 2 nitrogen and oxygen atoms in total. The number of rotatable bonds is 9. The predicted molar refractivity (Wildman–Crippen MR) is 75.3 cm³/mol. The largest absolute Gasteiger partial charge is 0.481 e. The van der Waals surface area contributed by atoms with Gasteiger partial charge in [0.25, 0.3) is 0 Å². The Morgan fingerprint density at radius 2 is 2.00 bits per heavy atom. The number of halogens is 1. The van der Waals surface area contributed by atoms with Gasteiger partial charge in [-0.15, -0.1) is 5.92 Å². The Balaban J connectivity index is 3.61. The van der Waals surface area contributed by atoms with E-state index in [2.05, 4.69) is 34.7 Å². The average Bonchev–Trinajstić information content (AvgIpc) is 2.31. The first-order valence-electron chi connectivity index (χ1n) is 6.46. The van der Waals surface area contributed by atoms with Crippen molar-refractivity contribution in [3.63, 3.8) is 0 Å². The summed E-state index contributed by atoms with van der Waals surface area (Å²) in [5.41, 5.74) is 0. The van der Waals surface area contributed by atoms with Crippen LogP contribution in [-0.4, -0.2) is 16.4 Å². The van der Waals surface area contributed by atoms with E-state index in [-0.39, 0.29) is 12.3 Å². The number of hydrogen-bond donors (Lipinski definition) is 1. The minimum Gasteiger partial charge on any atom is -0.481 e. The van der Waals surface area contributed by atoms with Crippen LogP contribution >= 0.6 is 15.9 Å². The summed E-state index contributed by atoms with van der Waals surface area (Å²) in [4.78, 5) is 10.4. The van der Waals surface area contributed by atoms with Crippen molar-refractivity contribution in [2.45, 2.75) is 58.3 Å². The molecule has 1 atom stereocenters. The van der Waals surface area contributed by atoms with Crippen LogP contribution in [-0.2, 0) is 4.79 Å². The van der Waals surface area contributed by atoms with Gasteiger partial charge in [0, 0.05) is 24.1 Å². The van der Waals surface area contributed by atoms with Gasteiger partial charge in [0.05, 0.1) is 0 Å². The molecule has 0 aromatic heterocycles. The second-order valence-electron chi connectivity index (χ2n) is 4.27. The topological polar surface area (TPSA) is 37.3 Å². The molecule has 0 bridgehead atoms. The summed E-state index contributed by atoms with van der Waals surface area (Å²) in [5.74, 6) is 5.76. The predicted octanol–water partition coefficient (Wildman–Crippen LogP) is 4.23. The Morgan fingerprint density at radius 1 is 1.29 bits per heavy atom. The average molecular weight is 303 g/mol. The van der Waals surface area contributed by atoms with Gasteiger partial charge in [0.1, 0.15) is 0 Å². The van der Waals surface area contributed by atoms with E-state index in [4.69, 9.17) is 5.11 Å². The van der Waals surface area contributed by atoms with Gasteiger partial charge >= 0.3 is 5.97 Å². The normalized spacial score (nSPS) is 11.6. The third-order valence-corrected chi connectivity index (χ3v) is 3.39. The molecule has 0 saturated heterocycles. The molecule has 0 aliphatic carbocycles. The lowest BCUT2D eigenvalue weighted by Crippen LogP contribution is -2.03. The molecule has 1 unspecified atom stereocenters. The van der Waals surface area contributed by atoms with Crippen molar-refractivity contribution in [3.05, 3.63) is 0 Å². The summed E-state index contributed by atoms with van der Waals surface area (Å²) in [6.45, 7) is 2.21. The summed E-state index contributed by atoms with van der Waals surface area (Å²) in [6.07, 6.45) is 8.12. The van der Waals surface area contributed by atoms with E-state index in [0.29, 0.717) is 6.42 Å². The van der Waals surface area contributed by atoms with Crippen LogP contribution in [0.3, 0.4) is 0 Å². The molecule has 0 fully saturated rings. The molecule has 0 spiro atoms. The zero-order valence-electron chi connectivity index (χ0n) is 10.7. The molecule has 0 aliphatic rings. The van der Waals surface area contributed by atoms with E-state index in [1.54, 1.807) is 0 Å². The maximum Gasteiger partial charge on any atom is 0.303 e. The highest BCUT2D eigenvalue weighted by atomic mass is 79.9. The van der Waals surface area contributed by atoms with Gasteiger partial charge in [-0.05, 0) is 12.8 Å². The molecule has 1 N–H and O–H groups in total. The zero-order chi connectivity index (χ0) is 12.9. The number of hydrogen-bond acceptors (Lipinski definition) is 1. The van der Waals surface area contributed by atoms with Crippen LogP contribution in [0.25, 0.3) is 0 Å². The van der Waals surface area contributed by atoms with Crippen molar-refractivity contribution in [2.24, 2.45) is 5.92 Å². The van der Waals surface area contributed by atoms with E-state index in [0.717, 1.165) is 11.8 Å². The maximum atomic E-state index is 10.4. The third kappa shape index (κ3) is 11.8. The van der Waals surface area contributed by atoms with E-state index in [9.17, 15) is 4.79 Å². The number of aliphatic carboxylic acids is 1. The lowest BCUT2D eigenvalue weighted by atomic mass is 10.1. The molecular formula is C14H23BrO2. The second-order valence-corrected chi connectivity index (χ2v) is 4.92. The minimum absolute atomic E-state index is 0.182. The van der Waals surface area contributed by atoms with Gasteiger partial charge in [-0.1, -0.05) is 54.5 Å². The van der Waals surface area contributed by atoms with E-state index in [1.807, 2.05) is 0 Å². The fourth-order valence-electron chi connectivity index (χ4n) is 1.52.